The van der Waals surface area contributed by atoms with Gasteiger partial charge in [0.25, 0.3) is 0 Å². The summed E-state index contributed by atoms with van der Waals surface area (Å²) >= 11 is 5.56. The number of halogens is 2. The molecule has 2 nitrogen and oxygen atoms in total. The number of aryl methyl sites for hydroxylation is 1. The molecule has 0 amide bonds. The van der Waals surface area contributed by atoms with Crippen LogP contribution in [0.5, 0.6) is 0 Å². The molecule has 0 bridgehead atoms. The van der Waals surface area contributed by atoms with E-state index in [1.54, 1.807) is 6.20 Å². The van der Waals surface area contributed by atoms with Crippen LogP contribution in [0.25, 0.3) is 0 Å². The summed E-state index contributed by atoms with van der Waals surface area (Å²) in [4.78, 5) is 7.77. The molecule has 0 fully saturated rings. The van der Waals surface area contributed by atoms with E-state index in [1.165, 1.54) is 6.20 Å². The molecule has 1 heterocycles. The molecular formula is C7H8ClFN2. The summed E-state index contributed by atoms with van der Waals surface area (Å²) in [5.74, 6) is 0. The molecule has 0 aliphatic rings. The summed E-state index contributed by atoms with van der Waals surface area (Å²) in [6, 6.07) is 0. The molecule has 0 atom stereocenters. The molecule has 4 heteroatoms. The Labute approximate surface area is 69.4 Å². The van der Waals surface area contributed by atoms with E-state index in [9.17, 15) is 4.39 Å². The van der Waals surface area contributed by atoms with Crippen molar-refractivity contribution in [1.29, 1.82) is 0 Å². The summed E-state index contributed by atoms with van der Waals surface area (Å²) < 4.78 is 11.7. The molecule has 0 spiro atoms. The zero-order valence-corrected chi connectivity index (χ0v) is 6.68. The first-order valence-corrected chi connectivity index (χ1v) is 3.73. The van der Waals surface area contributed by atoms with E-state index in [4.69, 9.17) is 11.6 Å². The maximum Gasteiger partial charge on any atom is 0.147 e. The van der Waals surface area contributed by atoms with Crippen molar-refractivity contribution in [2.75, 3.05) is 6.67 Å². The normalized spacial score (nSPS) is 10.0. The molecule has 0 saturated carbocycles. The lowest BCUT2D eigenvalue weighted by Crippen LogP contribution is -1.92. The van der Waals surface area contributed by atoms with Crippen LogP contribution in [-0.2, 0) is 6.42 Å². The Hall–Kier alpha value is -0.700. The maximum atomic E-state index is 11.7. The number of alkyl halides is 1. The third-order valence-electron chi connectivity index (χ3n) is 1.22. The zero-order valence-electron chi connectivity index (χ0n) is 5.93. The summed E-state index contributed by atoms with van der Waals surface area (Å²) in [5.41, 5.74) is 0.746. The van der Waals surface area contributed by atoms with Crippen LogP contribution in [-0.4, -0.2) is 16.6 Å². The van der Waals surface area contributed by atoms with Gasteiger partial charge in [0, 0.05) is 6.20 Å². The Morgan fingerprint density at radius 2 is 2.27 bits per heavy atom. The van der Waals surface area contributed by atoms with Crippen LogP contribution in [0.1, 0.15) is 12.1 Å². The molecule has 1 aromatic rings. The van der Waals surface area contributed by atoms with Crippen LogP contribution >= 0.6 is 11.6 Å². The molecule has 0 N–H and O–H groups in total. The smallest absolute Gasteiger partial charge is 0.147 e. The minimum Gasteiger partial charge on any atom is -0.260 e. The van der Waals surface area contributed by atoms with Gasteiger partial charge in [0.05, 0.1) is 18.6 Å². The third-order valence-corrected chi connectivity index (χ3v) is 1.40. The summed E-state index contributed by atoms with van der Waals surface area (Å²) in [6.45, 7) is -0.325. The Kier molecular flexibility index (Phi) is 3.23. The first kappa shape index (κ1) is 8.40. The largest absolute Gasteiger partial charge is 0.260 e. The highest BCUT2D eigenvalue weighted by atomic mass is 35.5. The highest BCUT2D eigenvalue weighted by molar-refractivity contribution is 6.29. The monoisotopic (exact) mass is 174 g/mol. The molecule has 11 heavy (non-hydrogen) atoms. The molecule has 60 valence electrons. The van der Waals surface area contributed by atoms with Gasteiger partial charge in [-0.25, -0.2) is 4.98 Å². The van der Waals surface area contributed by atoms with E-state index >= 15 is 0 Å². The minimum atomic E-state index is -0.325. The SMILES string of the molecule is FCCCc1cncc(Cl)n1. The predicted octanol–water partition coefficient (Wildman–Crippen LogP) is 2.03. The summed E-state index contributed by atoms with van der Waals surface area (Å²) in [7, 11) is 0. The van der Waals surface area contributed by atoms with Gasteiger partial charge in [0.15, 0.2) is 0 Å². The molecule has 0 aliphatic heterocycles. The van der Waals surface area contributed by atoms with Gasteiger partial charge in [-0.1, -0.05) is 11.6 Å². The van der Waals surface area contributed by atoms with Crippen molar-refractivity contribution in [3.63, 3.8) is 0 Å². The molecule has 0 aromatic carbocycles. The van der Waals surface area contributed by atoms with Gasteiger partial charge < -0.3 is 0 Å². The fraction of sp³-hybridized carbons (Fsp3) is 0.429. The van der Waals surface area contributed by atoms with Gasteiger partial charge >= 0.3 is 0 Å². The second-order valence-corrected chi connectivity index (χ2v) is 2.51. The van der Waals surface area contributed by atoms with Crippen molar-refractivity contribution in [3.8, 4) is 0 Å². The summed E-state index contributed by atoms with van der Waals surface area (Å²) in [6.07, 6.45) is 4.14. The van der Waals surface area contributed by atoms with Gasteiger partial charge in [-0.15, -0.1) is 0 Å². The fourth-order valence-corrected chi connectivity index (χ4v) is 0.913. The maximum absolute atomic E-state index is 11.7. The van der Waals surface area contributed by atoms with Crippen LogP contribution in [0.4, 0.5) is 4.39 Å². The van der Waals surface area contributed by atoms with Crippen LogP contribution < -0.4 is 0 Å². The standard InChI is InChI=1S/C7H8ClFN2/c8-7-5-10-4-6(11-7)2-1-3-9/h4-5H,1-3H2. The average Bonchev–Trinajstić information content (AvgIpc) is 2.01. The second-order valence-electron chi connectivity index (χ2n) is 2.13. The van der Waals surface area contributed by atoms with Crippen molar-refractivity contribution in [2.45, 2.75) is 12.8 Å². The predicted molar refractivity (Wildman–Crippen MR) is 41.3 cm³/mol. The first-order valence-electron chi connectivity index (χ1n) is 3.35. The Bertz CT molecular complexity index is 229. The summed E-state index contributed by atoms with van der Waals surface area (Å²) in [5, 5.41) is 0.362. The van der Waals surface area contributed by atoms with Gasteiger partial charge in [-0.05, 0) is 12.8 Å². The van der Waals surface area contributed by atoms with E-state index in [1.807, 2.05) is 0 Å². The lowest BCUT2D eigenvalue weighted by atomic mass is 10.2. The zero-order chi connectivity index (χ0) is 8.10. The molecular weight excluding hydrogens is 167 g/mol. The van der Waals surface area contributed by atoms with Crippen molar-refractivity contribution in [2.24, 2.45) is 0 Å². The van der Waals surface area contributed by atoms with Crippen molar-refractivity contribution in [1.82, 2.24) is 9.97 Å². The molecule has 0 radical (unpaired) electrons. The molecule has 0 unspecified atom stereocenters. The van der Waals surface area contributed by atoms with Crippen molar-refractivity contribution in [3.05, 3.63) is 23.2 Å². The minimum absolute atomic E-state index is 0.325. The highest BCUT2D eigenvalue weighted by Crippen LogP contribution is 2.04. The molecule has 0 aliphatic carbocycles. The Morgan fingerprint density at radius 3 is 2.91 bits per heavy atom. The van der Waals surface area contributed by atoms with E-state index in [-0.39, 0.29) is 6.67 Å². The lowest BCUT2D eigenvalue weighted by molar-refractivity contribution is 0.471. The van der Waals surface area contributed by atoms with E-state index in [0.717, 1.165) is 5.69 Å². The first-order chi connectivity index (χ1) is 5.33. The van der Waals surface area contributed by atoms with Crippen LogP contribution in [0, 0.1) is 0 Å². The van der Waals surface area contributed by atoms with E-state index in [0.29, 0.717) is 18.0 Å². The van der Waals surface area contributed by atoms with E-state index < -0.39 is 0 Å². The third kappa shape index (κ3) is 2.80. The Morgan fingerprint density at radius 1 is 1.45 bits per heavy atom. The van der Waals surface area contributed by atoms with Crippen LogP contribution in [0.2, 0.25) is 5.15 Å². The number of nitrogens with zero attached hydrogens (tertiary/aromatic N) is 2. The molecule has 1 aromatic heterocycles. The number of aromatic nitrogens is 2. The van der Waals surface area contributed by atoms with Crippen molar-refractivity contribution < 1.29 is 4.39 Å². The Balaban J connectivity index is 2.56. The number of rotatable bonds is 3. The number of hydrogen-bond acceptors (Lipinski definition) is 2. The van der Waals surface area contributed by atoms with Crippen LogP contribution in [0.3, 0.4) is 0 Å². The second kappa shape index (κ2) is 4.23. The lowest BCUT2D eigenvalue weighted by Gasteiger charge is -1.96. The van der Waals surface area contributed by atoms with E-state index in [2.05, 4.69) is 9.97 Å². The number of hydrogen-bond donors (Lipinski definition) is 0. The van der Waals surface area contributed by atoms with Gasteiger partial charge in [0.1, 0.15) is 5.15 Å². The molecule has 1 rings (SSSR count). The van der Waals surface area contributed by atoms with Gasteiger partial charge in [0.2, 0.25) is 0 Å². The molecule has 0 saturated heterocycles. The van der Waals surface area contributed by atoms with Gasteiger partial charge in [-0.2, -0.15) is 0 Å². The average molecular weight is 175 g/mol. The van der Waals surface area contributed by atoms with Crippen LogP contribution in [0.15, 0.2) is 12.4 Å². The topological polar surface area (TPSA) is 25.8 Å². The fourth-order valence-electron chi connectivity index (χ4n) is 0.748. The van der Waals surface area contributed by atoms with Gasteiger partial charge in [-0.3, -0.25) is 9.37 Å². The quantitative estimate of drug-likeness (QED) is 0.701. The van der Waals surface area contributed by atoms with Crippen molar-refractivity contribution >= 4 is 11.6 Å². The highest BCUT2D eigenvalue weighted by Gasteiger charge is 1.95.